The summed E-state index contributed by atoms with van der Waals surface area (Å²) < 4.78 is 5.41. The van der Waals surface area contributed by atoms with Crippen LogP contribution in [0.4, 0.5) is 0 Å². The van der Waals surface area contributed by atoms with Crippen molar-refractivity contribution in [2.24, 2.45) is 0 Å². The summed E-state index contributed by atoms with van der Waals surface area (Å²) in [5.74, 6) is 0.884. The van der Waals surface area contributed by atoms with Gasteiger partial charge in [0, 0.05) is 17.7 Å². The maximum Gasteiger partial charge on any atom is 0.171 e. The predicted molar refractivity (Wildman–Crippen MR) is 68.9 cm³/mol. The number of nitrogens with zero attached hydrogens (tertiary/aromatic N) is 1. The van der Waals surface area contributed by atoms with Gasteiger partial charge in [0.25, 0.3) is 0 Å². The third-order valence-electron chi connectivity index (χ3n) is 2.92. The molecule has 1 aromatic carbocycles. The molecular formula is C14H18N2O. The zero-order valence-electron chi connectivity index (χ0n) is 10.8. The van der Waals surface area contributed by atoms with Crippen molar-refractivity contribution in [3.05, 3.63) is 40.6 Å². The minimum Gasteiger partial charge on any atom is -0.356 e. The van der Waals surface area contributed by atoms with Gasteiger partial charge < -0.3 is 9.84 Å². The van der Waals surface area contributed by atoms with E-state index < -0.39 is 0 Å². The summed E-state index contributed by atoms with van der Waals surface area (Å²) in [5, 5.41) is 7.04. The molecule has 0 aliphatic rings. The van der Waals surface area contributed by atoms with Gasteiger partial charge in [-0.3, -0.25) is 0 Å². The maximum absolute atomic E-state index is 5.41. The Morgan fingerprint density at radius 3 is 2.41 bits per heavy atom. The van der Waals surface area contributed by atoms with Crippen molar-refractivity contribution in [2.75, 3.05) is 7.05 Å². The molecule has 17 heavy (non-hydrogen) atoms. The van der Waals surface area contributed by atoms with Gasteiger partial charge >= 0.3 is 0 Å². The van der Waals surface area contributed by atoms with Crippen molar-refractivity contribution < 1.29 is 4.52 Å². The van der Waals surface area contributed by atoms with Gasteiger partial charge in [0.05, 0.1) is 6.20 Å². The number of aryl methyl sites for hydroxylation is 3. The van der Waals surface area contributed by atoms with Crippen molar-refractivity contribution in [2.45, 2.75) is 27.3 Å². The Kier molecular flexibility index (Phi) is 3.29. The van der Waals surface area contributed by atoms with Crippen molar-refractivity contribution in [3.63, 3.8) is 0 Å². The van der Waals surface area contributed by atoms with E-state index in [0.717, 1.165) is 17.9 Å². The Morgan fingerprint density at radius 2 is 1.82 bits per heavy atom. The number of hydrogen-bond donors (Lipinski definition) is 1. The second-order valence-electron chi connectivity index (χ2n) is 4.48. The molecule has 1 aromatic heterocycles. The largest absolute Gasteiger partial charge is 0.356 e. The van der Waals surface area contributed by atoms with Crippen LogP contribution in [-0.4, -0.2) is 12.2 Å². The number of rotatable bonds is 3. The lowest BCUT2D eigenvalue weighted by atomic mass is 9.96. The fourth-order valence-corrected chi connectivity index (χ4v) is 2.32. The molecule has 0 bridgehead atoms. The molecule has 0 saturated carbocycles. The minimum atomic E-state index is 0.769. The lowest BCUT2D eigenvalue weighted by Crippen LogP contribution is -2.05. The molecule has 3 nitrogen and oxygen atoms in total. The first-order valence-corrected chi connectivity index (χ1v) is 5.80. The molecule has 0 amide bonds. The molecule has 2 rings (SSSR count). The first kappa shape index (κ1) is 11.9. The van der Waals surface area contributed by atoms with Gasteiger partial charge in [0.15, 0.2) is 5.76 Å². The van der Waals surface area contributed by atoms with E-state index in [1.807, 2.05) is 7.05 Å². The van der Waals surface area contributed by atoms with E-state index in [2.05, 4.69) is 43.4 Å². The van der Waals surface area contributed by atoms with E-state index in [-0.39, 0.29) is 0 Å². The van der Waals surface area contributed by atoms with E-state index in [4.69, 9.17) is 4.52 Å². The Balaban J connectivity index is 2.56. The molecule has 2 aromatic rings. The lowest BCUT2D eigenvalue weighted by Gasteiger charge is -2.09. The molecule has 0 spiro atoms. The Hall–Kier alpha value is -1.61. The smallest absolute Gasteiger partial charge is 0.171 e. The highest BCUT2D eigenvalue weighted by molar-refractivity contribution is 5.69. The molecule has 0 atom stereocenters. The molecule has 3 heteroatoms. The van der Waals surface area contributed by atoms with Crippen molar-refractivity contribution in [1.29, 1.82) is 0 Å². The first-order valence-electron chi connectivity index (χ1n) is 5.80. The minimum absolute atomic E-state index is 0.769. The highest BCUT2D eigenvalue weighted by atomic mass is 16.5. The van der Waals surface area contributed by atoms with Crippen molar-refractivity contribution in [1.82, 2.24) is 10.5 Å². The summed E-state index contributed by atoms with van der Waals surface area (Å²) in [6, 6.07) is 4.35. The quantitative estimate of drug-likeness (QED) is 0.880. The Labute approximate surface area is 102 Å². The van der Waals surface area contributed by atoms with Crippen LogP contribution in [0.2, 0.25) is 0 Å². The van der Waals surface area contributed by atoms with E-state index in [0.29, 0.717) is 0 Å². The third kappa shape index (κ3) is 2.24. The van der Waals surface area contributed by atoms with Crippen molar-refractivity contribution >= 4 is 0 Å². The van der Waals surface area contributed by atoms with Gasteiger partial charge in [-0.15, -0.1) is 0 Å². The fraction of sp³-hybridized carbons (Fsp3) is 0.357. The number of benzene rings is 1. The summed E-state index contributed by atoms with van der Waals surface area (Å²) in [6.45, 7) is 7.10. The number of aromatic nitrogens is 1. The normalized spacial score (nSPS) is 10.8. The summed E-state index contributed by atoms with van der Waals surface area (Å²) >= 11 is 0. The zero-order chi connectivity index (χ0) is 12.4. The van der Waals surface area contributed by atoms with Crippen LogP contribution in [0, 0.1) is 20.8 Å². The summed E-state index contributed by atoms with van der Waals surface area (Å²) in [5.41, 5.74) is 6.01. The van der Waals surface area contributed by atoms with Gasteiger partial charge in [0.2, 0.25) is 0 Å². The molecule has 0 fully saturated rings. The molecule has 1 N–H and O–H groups in total. The highest BCUT2D eigenvalue weighted by Crippen LogP contribution is 2.30. The summed E-state index contributed by atoms with van der Waals surface area (Å²) in [7, 11) is 1.92. The Morgan fingerprint density at radius 1 is 1.18 bits per heavy atom. The number of nitrogens with one attached hydrogen (secondary N) is 1. The molecule has 90 valence electrons. The standard InChI is InChI=1S/C14H18N2O/c1-9-5-10(2)13(11(3)6-9)14-12(7-15-4)8-16-17-14/h5-6,8,15H,7H2,1-4H3. The third-order valence-corrected chi connectivity index (χ3v) is 2.92. The van der Waals surface area contributed by atoms with Crippen LogP contribution in [0.1, 0.15) is 22.3 Å². The average molecular weight is 230 g/mol. The van der Waals surface area contributed by atoms with Crippen LogP contribution < -0.4 is 5.32 Å². The van der Waals surface area contributed by atoms with Gasteiger partial charge in [-0.2, -0.15) is 0 Å². The van der Waals surface area contributed by atoms with Gasteiger partial charge in [0.1, 0.15) is 0 Å². The van der Waals surface area contributed by atoms with Crippen LogP contribution in [0.5, 0.6) is 0 Å². The summed E-state index contributed by atoms with van der Waals surface area (Å²) in [4.78, 5) is 0. The molecule has 0 saturated heterocycles. The van der Waals surface area contributed by atoms with E-state index in [9.17, 15) is 0 Å². The van der Waals surface area contributed by atoms with Gasteiger partial charge in [-0.1, -0.05) is 22.9 Å². The van der Waals surface area contributed by atoms with E-state index in [1.54, 1.807) is 6.20 Å². The highest BCUT2D eigenvalue weighted by Gasteiger charge is 2.15. The maximum atomic E-state index is 5.41. The first-order chi connectivity index (χ1) is 8.13. The zero-order valence-corrected chi connectivity index (χ0v) is 10.8. The van der Waals surface area contributed by atoms with Crippen LogP contribution in [0.25, 0.3) is 11.3 Å². The molecule has 1 heterocycles. The predicted octanol–water partition coefficient (Wildman–Crippen LogP) is 2.99. The second kappa shape index (κ2) is 4.72. The van der Waals surface area contributed by atoms with Crippen LogP contribution in [-0.2, 0) is 6.54 Å². The summed E-state index contributed by atoms with van der Waals surface area (Å²) in [6.07, 6.45) is 1.78. The average Bonchev–Trinajstić information content (AvgIpc) is 2.65. The topological polar surface area (TPSA) is 38.1 Å². The molecule has 0 unspecified atom stereocenters. The Bertz CT molecular complexity index is 506. The van der Waals surface area contributed by atoms with Crippen molar-refractivity contribution in [3.8, 4) is 11.3 Å². The monoisotopic (exact) mass is 230 g/mol. The molecule has 0 radical (unpaired) electrons. The lowest BCUT2D eigenvalue weighted by molar-refractivity contribution is 0.431. The molecular weight excluding hydrogens is 212 g/mol. The van der Waals surface area contributed by atoms with E-state index >= 15 is 0 Å². The molecule has 0 aliphatic heterocycles. The van der Waals surface area contributed by atoms with Crippen LogP contribution >= 0.6 is 0 Å². The van der Waals surface area contributed by atoms with Crippen LogP contribution in [0.3, 0.4) is 0 Å². The van der Waals surface area contributed by atoms with Gasteiger partial charge in [-0.05, 0) is 38.9 Å². The molecule has 0 aliphatic carbocycles. The second-order valence-corrected chi connectivity index (χ2v) is 4.48. The fourth-order valence-electron chi connectivity index (χ4n) is 2.32. The van der Waals surface area contributed by atoms with Crippen LogP contribution in [0.15, 0.2) is 22.9 Å². The SMILES string of the molecule is CNCc1cnoc1-c1c(C)cc(C)cc1C. The van der Waals surface area contributed by atoms with Gasteiger partial charge in [-0.25, -0.2) is 0 Å². The number of hydrogen-bond acceptors (Lipinski definition) is 3. The van der Waals surface area contributed by atoms with E-state index in [1.165, 1.54) is 22.3 Å².